The van der Waals surface area contributed by atoms with E-state index in [-0.39, 0.29) is 0 Å². The van der Waals surface area contributed by atoms with Crippen molar-refractivity contribution in [1.82, 2.24) is 14.8 Å². The zero-order valence-corrected chi connectivity index (χ0v) is 9.17. The Morgan fingerprint density at radius 2 is 2.14 bits per heavy atom. The van der Waals surface area contributed by atoms with Crippen molar-refractivity contribution in [2.45, 2.75) is 33.1 Å². The molecule has 1 aliphatic rings. The molecule has 78 valence electrons. The summed E-state index contributed by atoms with van der Waals surface area (Å²) in [6.45, 7) is 5.30. The van der Waals surface area contributed by atoms with Gasteiger partial charge >= 0.3 is 0 Å². The SMILES string of the molecule is Cc1nnc(NCC2(C)CCC2)n1C. The van der Waals surface area contributed by atoms with E-state index >= 15 is 0 Å². The highest BCUT2D eigenvalue weighted by Gasteiger charge is 2.31. The first kappa shape index (κ1) is 9.49. The van der Waals surface area contributed by atoms with Crippen molar-refractivity contribution >= 4 is 5.95 Å². The van der Waals surface area contributed by atoms with E-state index in [2.05, 4.69) is 22.4 Å². The number of nitrogens with one attached hydrogen (secondary N) is 1. The van der Waals surface area contributed by atoms with Crippen LogP contribution in [0.2, 0.25) is 0 Å². The van der Waals surface area contributed by atoms with Crippen LogP contribution in [-0.4, -0.2) is 21.3 Å². The second-order valence-electron chi connectivity index (χ2n) is 4.65. The van der Waals surface area contributed by atoms with Crippen molar-refractivity contribution in [2.75, 3.05) is 11.9 Å². The molecule has 4 heteroatoms. The van der Waals surface area contributed by atoms with Gasteiger partial charge in [0.1, 0.15) is 5.82 Å². The van der Waals surface area contributed by atoms with Crippen LogP contribution < -0.4 is 5.32 Å². The predicted octanol–water partition coefficient (Wildman–Crippen LogP) is 1.73. The molecule has 1 saturated carbocycles. The molecular formula is C10H18N4. The monoisotopic (exact) mass is 194 g/mol. The first-order valence-electron chi connectivity index (χ1n) is 5.21. The summed E-state index contributed by atoms with van der Waals surface area (Å²) in [6, 6.07) is 0. The lowest BCUT2D eigenvalue weighted by Gasteiger charge is -2.38. The first-order chi connectivity index (χ1) is 6.61. The second kappa shape index (κ2) is 3.26. The lowest BCUT2D eigenvalue weighted by atomic mass is 9.70. The van der Waals surface area contributed by atoms with E-state index in [1.165, 1.54) is 19.3 Å². The minimum atomic E-state index is 0.486. The number of aryl methyl sites for hydroxylation is 1. The van der Waals surface area contributed by atoms with Crippen molar-refractivity contribution in [3.8, 4) is 0 Å². The fourth-order valence-corrected chi connectivity index (χ4v) is 1.81. The van der Waals surface area contributed by atoms with Gasteiger partial charge in [-0.2, -0.15) is 0 Å². The summed E-state index contributed by atoms with van der Waals surface area (Å²) in [6.07, 6.45) is 4.03. The maximum absolute atomic E-state index is 4.08. The molecule has 14 heavy (non-hydrogen) atoms. The Hall–Kier alpha value is -1.06. The average Bonchev–Trinajstić information content (AvgIpc) is 2.42. The molecule has 0 bridgehead atoms. The summed E-state index contributed by atoms with van der Waals surface area (Å²) in [7, 11) is 1.99. The number of hydrogen-bond donors (Lipinski definition) is 1. The Labute approximate surface area is 84.7 Å². The van der Waals surface area contributed by atoms with Gasteiger partial charge in [0.2, 0.25) is 5.95 Å². The Kier molecular flexibility index (Phi) is 2.21. The zero-order chi connectivity index (χ0) is 10.2. The summed E-state index contributed by atoms with van der Waals surface area (Å²) in [5, 5.41) is 11.5. The quantitative estimate of drug-likeness (QED) is 0.796. The smallest absolute Gasteiger partial charge is 0.224 e. The highest BCUT2D eigenvalue weighted by atomic mass is 15.3. The Morgan fingerprint density at radius 1 is 1.43 bits per heavy atom. The van der Waals surface area contributed by atoms with Gasteiger partial charge in [0, 0.05) is 13.6 Å². The molecule has 0 saturated heterocycles. The molecule has 0 radical (unpaired) electrons. The lowest BCUT2D eigenvalue weighted by Crippen LogP contribution is -2.33. The van der Waals surface area contributed by atoms with E-state index < -0.39 is 0 Å². The highest BCUT2D eigenvalue weighted by molar-refractivity contribution is 5.25. The van der Waals surface area contributed by atoms with Crippen LogP contribution in [0.3, 0.4) is 0 Å². The minimum absolute atomic E-state index is 0.486. The maximum Gasteiger partial charge on any atom is 0.224 e. The van der Waals surface area contributed by atoms with E-state index in [9.17, 15) is 0 Å². The Morgan fingerprint density at radius 3 is 2.57 bits per heavy atom. The van der Waals surface area contributed by atoms with E-state index in [1.54, 1.807) is 0 Å². The van der Waals surface area contributed by atoms with Crippen LogP contribution in [0.4, 0.5) is 5.95 Å². The van der Waals surface area contributed by atoms with Crippen LogP contribution in [0.15, 0.2) is 0 Å². The molecule has 1 aliphatic carbocycles. The fourth-order valence-electron chi connectivity index (χ4n) is 1.81. The van der Waals surface area contributed by atoms with Gasteiger partial charge in [0.15, 0.2) is 0 Å². The average molecular weight is 194 g/mol. The van der Waals surface area contributed by atoms with Crippen molar-refractivity contribution in [2.24, 2.45) is 12.5 Å². The van der Waals surface area contributed by atoms with Crippen molar-refractivity contribution in [3.05, 3.63) is 5.82 Å². The van der Waals surface area contributed by atoms with Crippen LogP contribution in [-0.2, 0) is 7.05 Å². The van der Waals surface area contributed by atoms with Crippen molar-refractivity contribution < 1.29 is 0 Å². The van der Waals surface area contributed by atoms with Gasteiger partial charge < -0.3 is 9.88 Å². The third-order valence-electron chi connectivity index (χ3n) is 3.33. The molecule has 0 amide bonds. The molecule has 0 aromatic carbocycles. The molecule has 1 aromatic rings. The molecule has 1 N–H and O–H groups in total. The van der Waals surface area contributed by atoms with Crippen molar-refractivity contribution in [1.29, 1.82) is 0 Å². The maximum atomic E-state index is 4.08. The largest absolute Gasteiger partial charge is 0.354 e. The van der Waals surface area contributed by atoms with E-state index in [4.69, 9.17) is 0 Å². The zero-order valence-electron chi connectivity index (χ0n) is 9.17. The summed E-state index contributed by atoms with van der Waals surface area (Å²) in [5.41, 5.74) is 0.486. The molecule has 1 fully saturated rings. The number of aromatic nitrogens is 3. The molecule has 4 nitrogen and oxygen atoms in total. The standard InChI is InChI=1S/C10H18N4/c1-8-12-13-9(14(8)3)11-7-10(2)5-4-6-10/h4-7H2,1-3H3,(H,11,13). The third kappa shape index (κ3) is 1.61. The fraction of sp³-hybridized carbons (Fsp3) is 0.800. The predicted molar refractivity (Wildman–Crippen MR) is 56.2 cm³/mol. The van der Waals surface area contributed by atoms with E-state index in [0.717, 1.165) is 18.3 Å². The summed E-state index contributed by atoms with van der Waals surface area (Å²) in [5.74, 6) is 1.84. The van der Waals surface area contributed by atoms with Crippen LogP contribution in [0.25, 0.3) is 0 Å². The summed E-state index contributed by atoms with van der Waals surface area (Å²) in [4.78, 5) is 0. The lowest BCUT2D eigenvalue weighted by molar-refractivity contribution is 0.179. The Bertz CT molecular complexity index is 325. The van der Waals surface area contributed by atoms with Gasteiger partial charge in [-0.15, -0.1) is 10.2 Å². The van der Waals surface area contributed by atoms with Crippen molar-refractivity contribution in [3.63, 3.8) is 0 Å². The van der Waals surface area contributed by atoms with Gasteiger partial charge in [0.05, 0.1) is 0 Å². The van der Waals surface area contributed by atoms with Gasteiger partial charge in [0.25, 0.3) is 0 Å². The highest BCUT2D eigenvalue weighted by Crippen LogP contribution is 2.39. The number of rotatable bonds is 3. The summed E-state index contributed by atoms with van der Waals surface area (Å²) >= 11 is 0. The molecule has 1 heterocycles. The van der Waals surface area contributed by atoms with Gasteiger partial charge in [-0.1, -0.05) is 13.3 Å². The minimum Gasteiger partial charge on any atom is -0.354 e. The van der Waals surface area contributed by atoms with E-state index in [1.807, 2.05) is 18.5 Å². The number of nitrogens with zero attached hydrogens (tertiary/aromatic N) is 3. The van der Waals surface area contributed by atoms with Crippen LogP contribution in [0.5, 0.6) is 0 Å². The topological polar surface area (TPSA) is 42.7 Å². The second-order valence-corrected chi connectivity index (χ2v) is 4.65. The molecular weight excluding hydrogens is 176 g/mol. The molecule has 0 unspecified atom stereocenters. The van der Waals surface area contributed by atoms with Crippen LogP contribution >= 0.6 is 0 Å². The summed E-state index contributed by atoms with van der Waals surface area (Å²) < 4.78 is 1.99. The normalized spacial score (nSPS) is 19.1. The van der Waals surface area contributed by atoms with Crippen LogP contribution in [0.1, 0.15) is 32.0 Å². The molecule has 2 rings (SSSR count). The molecule has 0 aliphatic heterocycles. The number of hydrogen-bond acceptors (Lipinski definition) is 3. The third-order valence-corrected chi connectivity index (χ3v) is 3.33. The van der Waals surface area contributed by atoms with Gasteiger partial charge in [-0.25, -0.2) is 0 Å². The molecule has 1 aromatic heterocycles. The van der Waals surface area contributed by atoms with Crippen LogP contribution in [0, 0.1) is 12.3 Å². The molecule has 0 spiro atoms. The van der Waals surface area contributed by atoms with Gasteiger partial charge in [-0.05, 0) is 25.2 Å². The first-order valence-corrected chi connectivity index (χ1v) is 5.21. The Balaban J connectivity index is 1.94. The number of anilines is 1. The van der Waals surface area contributed by atoms with Gasteiger partial charge in [-0.3, -0.25) is 0 Å². The van der Waals surface area contributed by atoms with E-state index in [0.29, 0.717) is 5.41 Å². The molecule has 0 atom stereocenters.